The first kappa shape index (κ1) is 22.8. The van der Waals surface area contributed by atoms with Crippen LogP contribution in [0.15, 0.2) is 60.8 Å². The maximum Gasteiger partial charge on any atom is 0.417 e. The molecule has 5 nitrogen and oxygen atoms in total. The van der Waals surface area contributed by atoms with Gasteiger partial charge in [0.15, 0.2) is 0 Å². The quantitative estimate of drug-likeness (QED) is 0.537. The largest absolute Gasteiger partial charge is 0.417 e. The fraction of sp³-hybridized carbons (Fsp3) is 0.0952. The van der Waals surface area contributed by atoms with Crippen molar-refractivity contribution in [3.8, 4) is 11.3 Å². The Hall–Kier alpha value is -3.89. The van der Waals surface area contributed by atoms with Crippen LogP contribution in [0.1, 0.15) is 31.8 Å². The van der Waals surface area contributed by atoms with Gasteiger partial charge in [-0.3, -0.25) is 14.6 Å². The third-order valence-electron chi connectivity index (χ3n) is 4.40. The molecule has 0 atom stereocenters. The predicted molar refractivity (Wildman–Crippen MR) is 103 cm³/mol. The van der Waals surface area contributed by atoms with Crippen molar-refractivity contribution < 1.29 is 35.9 Å². The lowest BCUT2D eigenvalue weighted by Gasteiger charge is -2.16. The van der Waals surface area contributed by atoms with Crippen LogP contribution in [0.3, 0.4) is 0 Å². The number of nitrogens with zero attached hydrogens (tertiary/aromatic N) is 1. The molecule has 3 rings (SSSR count). The summed E-state index contributed by atoms with van der Waals surface area (Å²) in [6, 6.07) is 9.53. The van der Waals surface area contributed by atoms with Crippen LogP contribution in [0.2, 0.25) is 0 Å². The SMILES string of the molecule is NC(=O)c1cccc(NC(=O)c2ccccc2C(F)(F)F)c1-c1ccc(C(F)(F)F)cn1. The van der Waals surface area contributed by atoms with Crippen molar-refractivity contribution in [3.05, 3.63) is 83.0 Å². The highest BCUT2D eigenvalue weighted by Crippen LogP contribution is 2.35. The molecule has 0 aliphatic rings. The molecule has 11 heteroatoms. The predicted octanol–water partition coefficient (Wildman–Crippen LogP) is 5.14. The zero-order valence-electron chi connectivity index (χ0n) is 15.9. The molecule has 0 saturated heterocycles. The van der Waals surface area contributed by atoms with Crippen LogP contribution in [0, 0.1) is 0 Å². The summed E-state index contributed by atoms with van der Waals surface area (Å²) in [7, 11) is 0. The number of nitrogens with two attached hydrogens (primary N) is 1. The first-order chi connectivity index (χ1) is 14.9. The summed E-state index contributed by atoms with van der Waals surface area (Å²) in [4.78, 5) is 28.2. The Morgan fingerprint density at radius 2 is 1.47 bits per heavy atom. The number of benzene rings is 2. The zero-order chi connectivity index (χ0) is 23.7. The van der Waals surface area contributed by atoms with Gasteiger partial charge >= 0.3 is 12.4 Å². The molecule has 32 heavy (non-hydrogen) atoms. The van der Waals surface area contributed by atoms with E-state index in [1.54, 1.807) is 0 Å². The molecule has 2 aromatic carbocycles. The first-order valence-corrected chi connectivity index (χ1v) is 8.83. The summed E-state index contributed by atoms with van der Waals surface area (Å²) in [5.41, 5.74) is 1.78. The van der Waals surface area contributed by atoms with Crippen molar-refractivity contribution in [2.75, 3.05) is 5.32 Å². The van der Waals surface area contributed by atoms with Crippen molar-refractivity contribution in [1.82, 2.24) is 4.98 Å². The van der Waals surface area contributed by atoms with Crippen molar-refractivity contribution >= 4 is 17.5 Å². The maximum absolute atomic E-state index is 13.3. The average molecular weight is 453 g/mol. The number of hydrogen-bond donors (Lipinski definition) is 2. The molecule has 3 aromatic rings. The minimum atomic E-state index is -4.80. The molecule has 1 aromatic heterocycles. The fourth-order valence-electron chi connectivity index (χ4n) is 2.97. The molecule has 3 N–H and O–H groups in total. The number of primary amides is 1. The lowest BCUT2D eigenvalue weighted by atomic mass is 9.99. The molecule has 0 saturated carbocycles. The van der Waals surface area contributed by atoms with Gasteiger partial charge in [0.1, 0.15) is 0 Å². The number of pyridine rings is 1. The molecule has 0 spiro atoms. The number of hydrogen-bond acceptors (Lipinski definition) is 3. The molecule has 2 amide bonds. The molecule has 0 unspecified atom stereocenters. The van der Waals surface area contributed by atoms with Crippen LogP contribution in [0.5, 0.6) is 0 Å². The molecule has 1 heterocycles. The van der Waals surface area contributed by atoms with Crippen molar-refractivity contribution in [2.45, 2.75) is 12.4 Å². The van der Waals surface area contributed by atoms with E-state index in [-0.39, 0.29) is 22.5 Å². The highest BCUT2D eigenvalue weighted by Gasteiger charge is 2.35. The Kier molecular flexibility index (Phi) is 5.93. The molecular formula is C21H13F6N3O2. The van der Waals surface area contributed by atoms with E-state index in [1.807, 2.05) is 0 Å². The van der Waals surface area contributed by atoms with Gasteiger partial charge in [-0.1, -0.05) is 18.2 Å². The maximum atomic E-state index is 13.3. The van der Waals surface area contributed by atoms with E-state index in [0.717, 1.165) is 24.3 Å². The lowest BCUT2D eigenvalue weighted by Crippen LogP contribution is -2.20. The average Bonchev–Trinajstić information content (AvgIpc) is 2.72. The Labute approximate surface area is 176 Å². The number of halogens is 6. The van der Waals surface area contributed by atoms with E-state index < -0.39 is 40.9 Å². The number of alkyl halides is 6. The van der Waals surface area contributed by atoms with Gasteiger partial charge in [0.05, 0.1) is 33.6 Å². The van der Waals surface area contributed by atoms with Gasteiger partial charge in [-0.15, -0.1) is 0 Å². The Morgan fingerprint density at radius 3 is 2.03 bits per heavy atom. The first-order valence-electron chi connectivity index (χ1n) is 8.83. The second-order valence-electron chi connectivity index (χ2n) is 6.52. The third-order valence-corrected chi connectivity index (χ3v) is 4.40. The van der Waals surface area contributed by atoms with E-state index in [9.17, 15) is 35.9 Å². The van der Waals surface area contributed by atoms with Crippen LogP contribution in [0.25, 0.3) is 11.3 Å². The van der Waals surface area contributed by atoms with Gasteiger partial charge < -0.3 is 11.1 Å². The smallest absolute Gasteiger partial charge is 0.366 e. The van der Waals surface area contributed by atoms with E-state index >= 15 is 0 Å². The number of amides is 2. The summed E-state index contributed by atoms with van der Waals surface area (Å²) in [5.74, 6) is -2.12. The summed E-state index contributed by atoms with van der Waals surface area (Å²) >= 11 is 0. The second-order valence-corrected chi connectivity index (χ2v) is 6.52. The van der Waals surface area contributed by atoms with Crippen LogP contribution in [-0.2, 0) is 12.4 Å². The zero-order valence-corrected chi connectivity index (χ0v) is 15.9. The fourth-order valence-corrected chi connectivity index (χ4v) is 2.97. The topological polar surface area (TPSA) is 85.1 Å². The number of nitrogens with one attached hydrogen (secondary N) is 1. The molecule has 0 fully saturated rings. The summed E-state index contributed by atoms with van der Waals surface area (Å²) < 4.78 is 78.3. The number of carbonyl (C=O) groups is 2. The Morgan fingerprint density at radius 1 is 0.812 bits per heavy atom. The standard InChI is InChI=1S/C21H13F6N3O2/c22-20(23,24)11-8-9-15(29-10-11)17-13(18(28)31)5-3-7-16(17)30-19(32)12-4-1-2-6-14(12)21(25,26)27/h1-10H,(H2,28,31)(H,30,32). The van der Waals surface area contributed by atoms with Crippen LogP contribution < -0.4 is 11.1 Å². The van der Waals surface area contributed by atoms with Crippen molar-refractivity contribution in [2.24, 2.45) is 5.73 Å². The Bertz CT molecular complexity index is 1170. The summed E-state index contributed by atoms with van der Waals surface area (Å²) in [6.07, 6.45) is -8.94. The van der Waals surface area contributed by atoms with Crippen LogP contribution in [0.4, 0.5) is 32.0 Å². The molecular weight excluding hydrogens is 440 g/mol. The molecule has 166 valence electrons. The number of aromatic nitrogens is 1. The van der Waals surface area contributed by atoms with Gasteiger partial charge in [0, 0.05) is 11.8 Å². The molecule has 0 aliphatic carbocycles. The highest BCUT2D eigenvalue weighted by molar-refractivity contribution is 6.10. The van der Waals surface area contributed by atoms with Gasteiger partial charge in [0.2, 0.25) is 5.91 Å². The van der Waals surface area contributed by atoms with E-state index in [2.05, 4.69) is 10.3 Å². The second kappa shape index (κ2) is 8.33. The van der Waals surface area contributed by atoms with E-state index in [0.29, 0.717) is 12.3 Å². The van der Waals surface area contributed by atoms with Gasteiger partial charge in [-0.2, -0.15) is 26.3 Å². The molecule has 0 radical (unpaired) electrons. The summed E-state index contributed by atoms with van der Waals surface area (Å²) in [5, 5.41) is 2.27. The van der Waals surface area contributed by atoms with E-state index in [4.69, 9.17) is 5.73 Å². The summed E-state index contributed by atoms with van der Waals surface area (Å²) in [6.45, 7) is 0. The monoisotopic (exact) mass is 453 g/mol. The van der Waals surface area contributed by atoms with Crippen molar-refractivity contribution in [1.29, 1.82) is 0 Å². The number of anilines is 1. The lowest BCUT2D eigenvalue weighted by molar-refractivity contribution is -0.138. The van der Waals surface area contributed by atoms with Gasteiger partial charge in [0.25, 0.3) is 5.91 Å². The van der Waals surface area contributed by atoms with Crippen molar-refractivity contribution in [3.63, 3.8) is 0 Å². The molecule has 0 aliphatic heterocycles. The third kappa shape index (κ3) is 4.71. The Balaban J connectivity index is 2.09. The molecule has 0 bridgehead atoms. The normalized spacial score (nSPS) is 11.8. The number of rotatable bonds is 4. The van der Waals surface area contributed by atoms with Crippen LogP contribution in [-0.4, -0.2) is 16.8 Å². The number of carbonyl (C=O) groups excluding carboxylic acids is 2. The van der Waals surface area contributed by atoms with Gasteiger partial charge in [-0.25, -0.2) is 0 Å². The van der Waals surface area contributed by atoms with Crippen LogP contribution >= 0.6 is 0 Å². The van der Waals surface area contributed by atoms with E-state index in [1.165, 1.54) is 24.3 Å². The minimum Gasteiger partial charge on any atom is -0.366 e. The highest BCUT2D eigenvalue weighted by atomic mass is 19.4. The van der Waals surface area contributed by atoms with Gasteiger partial charge in [-0.05, 0) is 36.4 Å². The minimum absolute atomic E-state index is 0.133.